The zero-order valence-corrected chi connectivity index (χ0v) is 17.4. The number of fused-ring (bicyclic) bond motifs is 2. The van der Waals surface area contributed by atoms with Gasteiger partial charge in [-0.2, -0.15) is 0 Å². The predicted molar refractivity (Wildman–Crippen MR) is 120 cm³/mol. The van der Waals surface area contributed by atoms with Crippen LogP contribution in [0.15, 0.2) is 82.1 Å². The fourth-order valence-corrected chi connectivity index (χ4v) is 4.25. The van der Waals surface area contributed by atoms with E-state index in [-0.39, 0.29) is 0 Å². The molecule has 1 aromatic carbocycles. The van der Waals surface area contributed by atoms with Gasteiger partial charge in [-0.1, -0.05) is 11.2 Å². The van der Waals surface area contributed by atoms with Crippen LogP contribution in [0.3, 0.4) is 0 Å². The summed E-state index contributed by atoms with van der Waals surface area (Å²) in [4.78, 5) is 8.61. The lowest BCUT2D eigenvalue weighted by molar-refractivity contribution is 0.302. The number of nitrogens with zero attached hydrogens (tertiary/aromatic N) is 3. The Bertz CT molecular complexity index is 1410. The highest BCUT2D eigenvalue weighted by Gasteiger charge is 2.10. The number of aryl methyl sites for hydroxylation is 1. The first-order valence-corrected chi connectivity index (χ1v) is 10.8. The van der Waals surface area contributed by atoms with Gasteiger partial charge >= 0.3 is 0 Å². The van der Waals surface area contributed by atoms with Gasteiger partial charge in [0.25, 0.3) is 0 Å². The molecule has 0 spiro atoms. The molecule has 0 amide bonds. The van der Waals surface area contributed by atoms with Crippen LogP contribution >= 0.6 is 11.3 Å². The van der Waals surface area contributed by atoms with E-state index in [0.29, 0.717) is 40.1 Å². The lowest BCUT2D eigenvalue weighted by Gasteiger charge is -2.08. The first kappa shape index (κ1) is 19.3. The van der Waals surface area contributed by atoms with Crippen LogP contribution in [0.4, 0.5) is 0 Å². The fourth-order valence-electron chi connectivity index (χ4n) is 3.45. The van der Waals surface area contributed by atoms with Gasteiger partial charge in [-0.15, -0.1) is 11.3 Å². The van der Waals surface area contributed by atoms with Crippen LogP contribution in [0, 0.1) is 0 Å². The van der Waals surface area contributed by atoms with Crippen LogP contribution in [-0.4, -0.2) is 21.8 Å². The Morgan fingerprint density at radius 3 is 2.94 bits per heavy atom. The largest absolute Gasteiger partial charge is 0.494 e. The highest BCUT2D eigenvalue weighted by molar-refractivity contribution is 7.17. The Morgan fingerprint density at radius 2 is 2.06 bits per heavy atom. The second kappa shape index (κ2) is 8.57. The van der Waals surface area contributed by atoms with Crippen molar-refractivity contribution in [3.05, 3.63) is 83.4 Å². The third kappa shape index (κ3) is 4.13. The average Bonchev–Trinajstić information content (AvgIpc) is 3.30. The summed E-state index contributed by atoms with van der Waals surface area (Å²) in [6, 6.07) is 15.2. The van der Waals surface area contributed by atoms with Gasteiger partial charge < -0.3 is 14.4 Å². The first-order valence-electron chi connectivity index (χ1n) is 9.91. The molecule has 5 aromatic rings. The highest BCUT2D eigenvalue weighted by atomic mass is 32.1. The molecule has 0 bridgehead atoms. The number of ether oxygens (including phenoxy) is 1. The molecule has 0 unspecified atom stereocenters. The molecule has 4 heterocycles. The van der Waals surface area contributed by atoms with E-state index in [1.807, 2.05) is 54.2 Å². The van der Waals surface area contributed by atoms with Crippen molar-refractivity contribution in [1.29, 1.82) is 0 Å². The minimum Gasteiger partial charge on any atom is -0.494 e. The molecule has 0 aliphatic heterocycles. The number of thiophene rings is 1. The van der Waals surface area contributed by atoms with Gasteiger partial charge in [-0.3, -0.25) is 9.97 Å². The summed E-state index contributed by atoms with van der Waals surface area (Å²) >= 11 is 1.65. The van der Waals surface area contributed by atoms with Gasteiger partial charge in [0.1, 0.15) is 22.4 Å². The van der Waals surface area contributed by atoms with Crippen molar-refractivity contribution in [3.63, 3.8) is 0 Å². The smallest absolute Gasteiger partial charge is 0.155 e. The summed E-state index contributed by atoms with van der Waals surface area (Å²) in [6.07, 6.45) is 7.24. The van der Waals surface area contributed by atoms with E-state index in [0.717, 1.165) is 22.9 Å². The quantitative estimate of drug-likeness (QED) is 0.222. The molecule has 0 saturated heterocycles. The Balaban J connectivity index is 1.38. The summed E-state index contributed by atoms with van der Waals surface area (Å²) in [7, 11) is 0. The monoisotopic (exact) mass is 429 g/mol. The average molecular weight is 430 g/mol. The number of hydrogen-bond acceptors (Lipinski definition) is 7. The molecule has 5 rings (SSSR count). The van der Waals surface area contributed by atoms with Crippen molar-refractivity contribution in [2.75, 3.05) is 6.61 Å². The molecule has 7 heteroatoms. The Hall–Kier alpha value is -3.71. The zero-order valence-electron chi connectivity index (χ0n) is 16.6. The molecule has 154 valence electrons. The molecule has 31 heavy (non-hydrogen) atoms. The van der Waals surface area contributed by atoms with Gasteiger partial charge in [0.05, 0.1) is 12.0 Å². The van der Waals surface area contributed by atoms with Crippen molar-refractivity contribution in [2.24, 2.45) is 5.16 Å². The summed E-state index contributed by atoms with van der Waals surface area (Å²) in [6.45, 7) is 0.575. The van der Waals surface area contributed by atoms with E-state index >= 15 is 0 Å². The predicted octanol–water partition coefficient (Wildman–Crippen LogP) is 5.41. The van der Waals surface area contributed by atoms with Crippen LogP contribution in [-0.2, 0) is 6.42 Å². The van der Waals surface area contributed by atoms with Crippen molar-refractivity contribution in [2.45, 2.75) is 12.8 Å². The minimum atomic E-state index is 0.408. The van der Waals surface area contributed by atoms with Gasteiger partial charge in [0, 0.05) is 34.7 Å². The molecule has 0 aliphatic rings. The number of aromatic nitrogens is 2. The lowest BCUT2D eigenvalue weighted by Crippen LogP contribution is -2.05. The van der Waals surface area contributed by atoms with E-state index in [1.54, 1.807) is 23.6 Å². The molecule has 6 nitrogen and oxygen atoms in total. The fraction of sp³-hybridized carbons (Fsp3) is 0.125. The Labute approximate surface area is 182 Å². The van der Waals surface area contributed by atoms with Gasteiger partial charge in [0.2, 0.25) is 0 Å². The highest BCUT2D eigenvalue weighted by Crippen LogP contribution is 2.27. The summed E-state index contributed by atoms with van der Waals surface area (Å²) in [5.74, 6) is 1.24. The van der Waals surface area contributed by atoms with Gasteiger partial charge in [0.15, 0.2) is 5.76 Å². The van der Waals surface area contributed by atoms with E-state index in [9.17, 15) is 5.21 Å². The Morgan fingerprint density at radius 1 is 1.10 bits per heavy atom. The van der Waals surface area contributed by atoms with Crippen molar-refractivity contribution in [3.8, 4) is 17.2 Å². The normalized spacial score (nSPS) is 11.9. The zero-order chi connectivity index (χ0) is 21.0. The molecular formula is C24H19N3O3S. The van der Waals surface area contributed by atoms with Crippen molar-refractivity contribution < 1.29 is 14.4 Å². The van der Waals surface area contributed by atoms with Crippen molar-refractivity contribution >= 4 is 32.4 Å². The standard InChI is InChI=1S/C24H19N3O3S/c28-27-20-12-23(21-13-24-17(15-26-21)7-10-31-24)30-22-6-5-18(11-19(20)22)29-9-2-4-16-3-1-8-25-14-16/h1,3,5-8,10-15,28H,2,4,9H2. The van der Waals surface area contributed by atoms with Crippen LogP contribution in [0.1, 0.15) is 12.0 Å². The van der Waals surface area contributed by atoms with Crippen LogP contribution in [0.5, 0.6) is 5.75 Å². The minimum absolute atomic E-state index is 0.408. The number of benzene rings is 1. The summed E-state index contributed by atoms with van der Waals surface area (Å²) < 4.78 is 13.1. The van der Waals surface area contributed by atoms with Gasteiger partial charge in [-0.05, 0) is 60.2 Å². The third-order valence-corrected chi connectivity index (χ3v) is 5.89. The number of rotatable bonds is 6. The summed E-state index contributed by atoms with van der Waals surface area (Å²) in [5.41, 5.74) is 2.48. The van der Waals surface area contributed by atoms with Crippen LogP contribution < -0.4 is 10.1 Å². The second-order valence-corrected chi connectivity index (χ2v) is 8.04. The van der Waals surface area contributed by atoms with E-state index < -0.39 is 0 Å². The van der Waals surface area contributed by atoms with Crippen LogP contribution in [0.25, 0.3) is 32.5 Å². The lowest BCUT2D eigenvalue weighted by atomic mass is 10.1. The van der Waals surface area contributed by atoms with E-state index in [4.69, 9.17) is 9.15 Å². The summed E-state index contributed by atoms with van der Waals surface area (Å²) in [5, 5.41) is 17.3. The second-order valence-electron chi connectivity index (χ2n) is 7.10. The van der Waals surface area contributed by atoms with Gasteiger partial charge in [-0.25, -0.2) is 0 Å². The molecule has 0 aliphatic carbocycles. The number of pyridine rings is 2. The maximum Gasteiger partial charge on any atom is 0.155 e. The first-order chi connectivity index (χ1) is 15.3. The molecule has 4 aromatic heterocycles. The van der Waals surface area contributed by atoms with Crippen LogP contribution in [0.2, 0.25) is 0 Å². The molecule has 0 fully saturated rings. The Kier molecular flexibility index (Phi) is 5.33. The van der Waals surface area contributed by atoms with E-state index in [2.05, 4.69) is 21.2 Å². The SMILES string of the molecule is ON=c1cc(-c2cc3sccc3cn2)oc2ccc(OCCCc3cccnc3)cc12. The molecule has 0 radical (unpaired) electrons. The van der Waals surface area contributed by atoms with Crippen molar-refractivity contribution in [1.82, 2.24) is 9.97 Å². The van der Waals surface area contributed by atoms with E-state index in [1.165, 1.54) is 5.56 Å². The maximum absolute atomic E-state index is 9.59. The third-order valence-electron chi connectivity index (χ3n) is 5.01. The molecule has 0 atom stereocenters. The molecular weight excluding hydrogens is 410 g/mol. The maximum atomic E-state index is 9.59. The number of hydrogen-bond donors (Lipinski definition) is 1. The topological polar surface area (TPSA) is 80.7 Å². The molecule has 1 N–H and O–H groups in total. The molecule has 0 saturated carbocycles.